The Morgan fingerprint density at radius 3 is 2.86 bits per heavy atom. The molecule has 2 rings (SSSR count). The molecule has 0 aromatic heterocycles. The summed E-state index contributed by atoms with van der Waals surface area (Å²) in [4.78, 5) is 11.8. The summed E-state index contributed by atoms with van der Waals surface area (Å²) in [6.07, 6.45) is 1.14. The van der Waals surface area contributed by atoms with Crippen LogP contribution < -0.4 is 10.6 Å². The number of amides is 1. The molecule has 0 spiro atoms. The molecule has 14 heavy (non-hydrogen) atoms. The van der Waals surface area contributed by atoms with Gasteiger partial charge in [0.1, 0.15) is 0 Å². The molecule has 0 bridgehead atoms. The van der Waals surface area contributed by atoms with Crippen molar-refractivity contribution in [3.05, 3.63) is 0 Å². The fourth-order valence-corrected chi connectivity index (χ4v) is 3.01. The number of hydrogen-bond donors (Lipinski definition) is 2. The van der Waals surface area contributed by atoms with Gasteiger partial charge in [-0.15, -0.1) is 0 Å². The van der Waals surface area contributed by atoms with Gasteiger partial charge in [0.15, 0.2) is 0 Å². The molecule has 2 aliphatic heterocycles. The lowest BCUT2D eigenvalue weighted by atomic mass is 9.88. The Hall–Kier alpha value is -0.220. The Kier molecular flexibility index (Phi) is 3.34. The third kappa shape index (κ3) is 2.23. The predicted octanol–water partition coefficient (Wildman–Crippen LogP) is 0.464. The van der Waals surface area contributed by atoms with Gasteiger partial charge in [-0.2, -0.15) is 11.8 Å². The van der Waals surface area contributed by atoms with Crippen LogP contribution in [-0.4, -0.2) is 36.5 Å². The van der Waals surface area contributed by atoms with Gasteiger partial charge < -0.3 is 10.6 Å². The van der Waals surface area contributed by atoms with Crippen molar-refractivity contribution in [2.75, 3.05) is 24.6 Å². The van der Waals surface area contributed by atoms with Gasteiger partial charge in [-0.05, 0) is 31.2 Å². The van der Waals surface area contributed by atoms with Gasteiger partial charge in [-0.25, -0.2) is 0 Å². The Bertz CT molecular complexity index is 212. The Morgan fingerprint density at radius 2 is 2.36 bits per heavy atom. The van der Waals surface area contributed by atoms with Crippen LogP contribution in [0.15, 0.2) is 0 Å². The van der Waals surface area contributed by atoms with Crippen molar-refractivity contribution < 1.29 is 4.79 Å². The van der Waals surface area contributed by atoms with E-state index in [0.717, 1.165) is 25.3 Å². The Morgan fingerprint density at radius 1 is 1.57 bits per heavy atom. The summed E-state index contributed by atoms with van der Waals surface area (Å²) in [5.74, 6) is 3.29. The molecule has 2 unspecified atom stereocenters. The van der Waals surface area contributed by atoms with E-state index in [1.807, 2.05) is 18.7 Å². The van der Waals surface area contributed by atoms with Crippen LogP contribution in [0.3, 0.4) is 0 Å². The molecule has 0 aliphatic carbocycles. The van der Waals surface area contributed by atoms with Crippen LogP contribution in [0.5, 0.6) is 0 Å². The first-order chi connectivity index (χ1) is 6.77. The van der Waals surface area contributed by atoms with E-state index in [9.17, 15) is 4.79 Å². The highest BCUT2D eigenvalue weighted by molar-refractivity contribution is 7.99. The van der Waals surface area contributed by atoms with E-state index in [4.69, 9.17) is 0 Å². The molecule has 4 heteroatoms. The van der Waals surface area contributed by atoms with Gasteiger partial charge in [0, 0.05) is 17.7 Å². The summed E-state index contributed by atoms with van der Waals surface area (Å²) in [6.45, 7) is 4.06. The van der Waals surface area contributed by atoms with E-state index in [1.165, 1.54) is 5.75 Å². The fraction of sp³-hybridized carbons (Fsp3) is 0.900. The SMILES string of the molecule is CC(C(=O)NC1CCSC1)C1CNC1. The summed E-state index contributed by atoms with van der Waals surface area (Å²) in [7, 11) is 0. The predicted molar refractivity (Wildman–Crippen MR) is 59.4 cm³/mol. The largest absolute Gasteiger partial charge is 0.352 e. The lowest BCUT2D eigenvalue weighted by molar-refractivity contribution is -0.127. The number of rotatable bonds is 3. The van der Waals surface area contributed by atoms with Crippen LogP contribution in [0.25, 0.3) is 0 Å². The molecule has 80 valence electrons. The Balaban J connectivity index is 1.75. The van der Waals surface area contributed by atoms with E-state index in [-0.39, 0.29) is 11.8 Å². The van der Waals surface area contributed by atoms with Crippen LogP contribution in [0.2, 0.25) is 0 Å². The number of carbonyl (C=O) groups excluding carboxylic acids is 1. The summed E-state index contributed by atoms with van der Waals surface area (Å²) < 4.78 is 0. The number of thioether (sulfide) groups is 1. The van der Waals surface area contributed by atoms with Crippen LogP contribution in [-0.2, 0) is 4.79 Å². The highest BCUT2D eigenvalue weighted by atomic mass is 32.2. The molecular formula is C10H18N2OS. The maximum Gasteiger partial charge on any atom is 0.223 e. The van der Waals surface area contributed by atoms with Gasteiger partial charge in [-0.1, -0.05) is 6.92 Å². The van der Waals surface area contributed by atoms with Crippen molar-refractivity contribution in [2.45, 2.75) is 19.4 Å². The van der Waals surface area contributed by atoms with E-state index in [1.54, 1.807) is 0 Å². The molecule has 2 aliphatic rings. The minimum Gasteiger partial charge on any atom is -0.352 e. The first kappa shape index (κ1) is 10.3. The lowest BCUT2D eigenvalue weighted by Gasteiger charge is -2.32. The molecule has 0 radical (unpaired) electrons. The second kappa shape index (κ2) is 4.53. The monoisotopic (exact) mass is 214 g/mol. The van der Waals surface area contributed by atoms with E-state index < -0.39 is 0 Å². The van der Waals surface area contributed by atoms with Crippen molar-refractivity contribution in [3.63, 3.8) is 0 Å². The highest BCUT2D eigenvalue weighted by Gasteiger charge is 2.30. The molecule has 2 fully saturated rings. The quantitative estimate of drug-likeness (QED) is 0.717. The molecular weight excluding hydrogens is 196 g/mol. The molecule has 1 amide bonds. The zero-order chi connectivity index (χ0) is 9.97. The second-order valence-corrected chi connectivity index (χ2v) is 5.43. The van der Waals surface area contributed by atoms with Crippen LogP contribution in [0.1, 0.15) is 13.3 Å². The first-order valence-electron chi connectivity index (χ1n) is 5.36. The third-order valence-corrected chi connectivity index (χ3v) is 4.37. The third-order valence-electron chi connectivity index (χ3n) is 3.21. The number of carbonyl (C=O) groups is 1. The van der Waals surface area contributed by atoms with E-state index >= 15 is 0 Å². The lowest BCUT2D eigenvalue weighted by Crippen LogP contribution is -2.51. The molecule has 2 saturated heterocycles. The molecule has 3 nitrogen and oxygen atoms in total. The van der Waals surface area contributed by atoms with Crippen LogP contribution in [0, 0.1) is 11.8 Å². The van der Waals surface area contributed by atoms with Crippen molar-refractivity contribution in [1.82, 2.24) is 10.6 Å². The van der Waals surface area contributed by atoms with Gasteiger partial charge in [0.2, 0.25) is 5.91 Å². The first-order valence-corrected chi connectivity index (χ1v) is 6.51. The van der Waals surface area contributed by atoms with Crippen molar-refractivity contribution in [1.29, 1.82) is 0 Å². The van der Waals surface area contributed by atoms with E-state index in [2.05, 4.69) is 10.6 Å². The number of hydrogen-bond acceptors (Lipinski definition) is 3. The summed E-state index contributed by atoms with van der Waals surface area (Å²) in [6, 6.07) is 0.433. The average Bonchev–Trinajstić information content (AvgIpc) is 2.53. The van der Waals surface area contributed by atoms with Crippen molar-refractivity contribution >= 4 is 17.7 Å². The maximum atomic E-state index is 11.8. The minimum absolute atomic E-state index is 0.182. The van der Waals surface area contributed by atoms with Crippen LogP contribution in [0.4, 0.5) is 0 Å². The topological polar surface area (TPSA) is 41.1 Å². The molecule has 2 atom stereocenters. The normalized spacial score (nSPS) is 29.6. The maximum absolute atomic E-state index is 11.8. The zero-order valence-electron chi connectivity index (χ0n) is 8.58. The van der Waals surface area contributed by atoms with Crippen molar-refractivity contribution in [2.24, 2.45) is 11.8 Å². The van der Waals surface area contributed by atoms with Gasteiger partial charge in [0.05, 0.1) is 0 Å². The van der Waals surface area contributed by atoms with Gasteiger partial charge in [-0.3, -0.25) is 4.79 Å². The molecule has 0 saturated carbocycles. The average molecular weight is 214 g/mol. The molecule has 2 heterocycles. The second-order valence-electron chi connectivity index (χ2n) is 4.28. The zero-order valence-corrected chi connectivity index (χ0v) is 9.40. The summed E-state index contributed by atoms with van der Waals surface area (Å²) >= 11 is 1.94. The molecule has 0 aromatic carbocycles. The van der Waals surface area contributed by atoms with Gasteiger partial charge in [0.25, 0.3) is 0 Å². The Labute approximate surface area is 89.4 Å². The summed E-state index contributed by atoms with van der Waals surface area (Å²) in [5.41, 5.74) is 0. The summed E-state index contributed by atoms with van der Waals surface area (Å²) in [5, 5.41) is 6.35. The van der Waals surface area contributed by atoms with E-state index in [0.29, 0.717) is 12.0 Å². The molecule has 0 aromatic rings. The number of nitrogens with one attached hydrogen (secondary N) is 2. The van der Waals surface area contributed by atoms with Crippen LogP contribution >= 0.6 is 11.8 Å². The fourth-order valence-electron chi connectivity index (χ4n) is 1.86. The van der Waals surface area contributed by atoms with Crippen molar-refractivity contribution in [3.8, 4) is 0 Å². The smallest absolute Gasteiger partial charge is 0.223 e. The standard InChI is InChI=1S/C10H18N2OS/c1-7(8-4-11-5-8)10(13)12-9-2-3-14-6-9/h7-9,11H,2-6H2,1H3,(H,12,13). The minimum atomic E-state index is 0.182. The highest BCUT2D eigenvalue weighted by Crippen LogP contribution is 2.20. The molecule has 2 N–H and O–H groups in total. The van der Waals surface area contributed by atoms with Gasteiger partial charge >= 0.3 is 0 Å².